The predicted octanol–water partition coefficient (Wildman–Crippen LogP) is 0.778. The van der Waals surface area contributed by atoms with Gasteiger partial charge in [-0.05, 0) is 18.6 Å². The summed E-state index contributed by atoms with van der Waals surface area (Å²) in [4.78, 5) is 44.5. The molecule has 138 valence electrons. The first-order chi connectivity index (χ1) is 12.5. The fourth-order valence-electron chi connectivity index (χ4n) is 3.04. The summed E-state index contributed by atoms with van der Waals surface area (Å²) in [5, 5.41) is 2.81. The zero-order valence-corrected chi connectivity index (χ0v) is 15.1. The highest BCUT2D eigenvalue weighted by Gasteiger charge is 2.28. The van der Waals surface area contributed by atoms with Crippen molar-refractivity contribution < 1.29 is 14.4 Å². The molecule has 1 aliphatic rings. The fourth-order valence-corrected chi connectivity index (χ4v) is 3.04. The number of nitrogens with zero attached hydrogens (tertiary/aromatic N) is 4. The number of hydrogen-bond acceptors (Lipinski definition) is 4. The maximum Gasteiger partial charge on any atom is 0.290 e. The first-order valence-corrected chi connectivity index (χ1v) is 8.83. The van der Waals surface area contributed by atoms with Gasteiger partial charge in [0.2, 0.25) is 11.7 Å². The number of amides is 3. The van der Waals surface area contributed by atoms with Crippen LogP contribution >= 0.6 is 0 Å². The summed E-state index contributed by atoms with van der Waals surface area (Å²) in [7, 11) is 0. The van der Waals surface area contributed by atoms with E-state index in [-0.39, 0.29) is 29.2 Å². The van der Waals surface area contributed by atoms with Crippen molar-refractivity contribution in [3.05, 3.63) is 35.9 Å². The van der Waals surface area contributed by atoms with Gasteiger partial charge >= 0.3 is 0 Å². The molecule has 2 aromatic heterocycles. The standard InChI is InChI=1S/C18H23N5O3/c1-3-7-19-17(25)15-14-6-4-5-8-23(14)16(20-15)18(26)22-11-9-21(10-12-22)13(2)24/h4-6,8H,3,7,9-12H2,1-2H3,(H,19,25). The summed E-state index contributed by atoms with van der Waals surface area (Å²) in [6, 6.07) is 5.39. The lowest BCUT2D eigenvalue weighted by molar-refractivity contribution is -0.130. The molecule has 0 aromatic carbocycles. The maximum absolute atomic E-state index is 12.9. The van der Waals surface area contributed by atoms with Crippen LogP contribution in [0.15, 0.2) is 24.4 Å². The van der Waals surface area contributed by atoms with Crippen LogP contribution in [-0.4, -0.2) is 69.6 Å². The smallest absolute Gasteiger partial charge is 0.290 e. The van der Waals surface area contributed by atoms with Crippen molar-refractivity contribution >= 4 is 23.2 Å². The minimum Gasteiger partial charge on any atom is -0.351 e. The van der Waals surface area contributed by atoms with Crippen LogP contribution in [0.25, 0.3) is 5.52 Å². The maximum atomic E-state index is 12.9. The van der Waals surface area contributed by atoms with Crippen LogP contribution in [0.3, 0.4) is 0 Å². The summed E-state index contributed by atoms with van der Waals surface area (Å²) >= 11 is 0. The number of carbonyl (C=O) groups is 3. The van der Waals surface area contributed by atoms with Crippen molar-refractivity contribution in [2.24, 2.45) is 0 Å². The number of rotatable bonds is 4. The lowest BCUT2D eigenvalue weighted by Gasteiger charge is -2.33. The van der Waals surface area contributed by atoms with Crippen LogP contribution < -0.4 is 5.32 Å². The van der Waals surface area contributed by atoms with Gasteiger partial charge in [-0.15, -0.1) is 0 Å². The first kappa shape index (κ1) is 17.9. The van der Waals surface area contributed by atoms with Gasteiger partial charge in [0, 0.05) is 45.8 Å². The molecule has 0 bridgehead atoms. The molecule has 0 aliphatic carbocycles. The zero-order valence-electron chi connectivity index (χ0n) is 15.1. The van der Waals surface area contributed by atoms with E-state index < -0.39 is 0 Å². The molecule has 0 saturated carbocycles. The van der Waals surface area contributed by atoms with E-state index in [1.54, 1.807) is 32.5 Å². The quantitative estimate of drug-likeness (QED) is 0.876. The van der Waals surface area contributed by atoms with Gasteiger partial charge in [-0.2, -0.15) is 0 Å². The third kappa shape index (κ3) is 3.40. The highest BCUT2D eigenvalue weighted by Crippen LogP contribution is 2.16. The van der Waals surface area contributed by atoms with Crippen molar-refractivity contribution in [2.45, 2.75) is 20.3 Å². The van der Waals surface area contributed by atoms with Gasteiger partial charge in [-0.25, -0.2) is 4.98 Å². The van der Waals surface area contributed by atoms with Gasteiger partial charge < -0.3 is 15.1 Å². The molecule has 26 heavy (non-hydrogen) atoms. The third-order valence-electron chi connectivity index (χ3n) is 4.50. The SMILES string of the molecule is CCCNC(=O)c1nc(C(=O)N2CCN(C(C)=O)CC2)n2ccccc12. The van der Waals surface area contributed by atoms with Crippen molar-refractivity contribution in [3.8, 4) is 0 Å². The molecule has 2 aromatic rings. The Morgan fingerprint density at radius 3 is 2.46 bits per heavy atom. The van der Waals surface area contributed by atoms with Crippen molar-refractivity contribution in [1.82, 2.24) is 24.5 Å². The van der Waals surface area contributed by atoms with E-state index in [9.17, 15) is 14.4 Å². The van der Waals surface area contributed by atoms with E-state index in [1.165, 1.54) is 6.92 Å². The summed E-state index contributed by atoms with van der Waals surface area (Å²) in [6.45, 7) is 5.99. The Morgan fingerprint density at radius 1 is 1.12 bits per heavy atom. The Kier molecular flexibility index (Phi) is 5.20. The molecular formula is C18H23N5O3. The third-order valence-corrected chi connectivity index (χ3v) is 4.50. The van der Waals surface area contributed by atoms with Crippen molar-refractivity contribution in [3.63, 3.8) is 0 Å². The second-order valence-corrected chi connectivity index (χ2v) is 6.29. The molecule has 1 fully saturated rings. The van der Waals surface area contributed by atoms with Crippen LogP contribution in [0.4, 0.5) is 0 Å². The van der Waals surface area contributed by atoms with E-state index in [0.29, 0.717) is 38.2 Å². The number of hydrogen-bond donors (Lipinski definition) is 1. The number of nitrogens with one attached hydrogen (secondary N) is 1. The number of pyridine rings is 1. The van der Waals surface area contributed by atoms with Gasteiger partial charge in [-0.3, -0.25) is 18.8 Å². The molecule has 0 unspecified atom stereocenters. The molecule has 3 heterocycles. The van der Waals surface area contributed by atoms with Crippen molar-refractivity contribution in [1.29, 1.82) is 0 Å². The van der Waals surface area contributed by atoms with E-state index in [4.69, 9.17) is 0 Å². The molecule has 8 nitrogen and oxygen atoms in total. The highest BCUT2D eigenvalue weighted by molar-refractivity contribution is 6.02. The van der Waals surface area contributed by atoms with Crippen LogP contribution in [0, 0.1) is 0 Å². The molecule has 0 radical (unpaired) electrons. The molecule has 1 saturated heterocycles. The molecule has 1 aliphatic heterocycles. The Bertz CT molecular complexity index is 836. The van der Waals surface area contributed by atoms with Gasteiger partial charge in [0.25, 0.3) is 11.8 Å². The average Bonchev–Trinajstić information content (AvgIpc) is 3.05. The largest absolute Gasteiger partial charge is 0.351 e. The van der Waals surface area contributed by atoms with Gasteiger partial charge in [-0.1, -0.05) is 13.0 Å². The lowest BCUT2D eigenvalue weighted by atomic mass is 10.3. The molecule has 0 spiro atoms. The van der Waals surface area contributed by atoms with Crippen LogP contribution in [0.2, 0.25) is 0 Å². The van der Waals surface area contributed by atoms with Crippen molar-refractivity contribution in [2.75, 3.05) is 32.7 Å². The number of imidazole rings is 1. The van der Waals surface area contributed by atoms with E-state index in [0.717, 1.165) is 6.42 Å². The number of carbonyl (C=O) groups excluding carboxylic acids is 3. The molecule has 3 amide bonds. The zero-order chi connectivity index (χ0) is 18.7. The second kappa shape index (κ2) is 7.55. The van der Waals surface area contributed by atoms with E-state index >= 15 is 0 Å². The summed E-state index contributed by atoms with van der Waals surface area (Å²) in [5.41, 5.74) is 0.858. The second-order valence-electron chi connectivity index (χ2n) is 6.29. The monoisotopic (exact) mass is 357 g/mol. The minimum absolute atomic E-state index is 0.0123. The van der Waals surface area contributed by atoms with Gasteiger partial charge in [0.1, 0.15) is 0 Å². The molecular weight excluding hydrogens is 334 g/mol. The van der Waals surface area contributed by atoms with Crippen LogP contribution in [0.5, 0.6) is 0 Å². The Balaban J connectivity index is 1.87. The van der Waals surface area contributed by atoms with E-state index in [2.05, 4.69) is 10.3 Å². The molecule has 8 heteroatoms. The Labute approximate surface area is 151 Å². The number of aromatic nitrogens is 2. The summed E-state index contributed by atoms with van der Waals surface area (Å²) in [6.07, 6.45) is 2.56. The fraction of sp³-hybridized carbons (Fsp3) is 0.444. The minimum atomic E-state index is -0.281. The lowest BCUT2D eigenvalue weighted by Crippen LogP contribution is -2.50. The number of fused-ring (bicyclic) bond motifs is 1. The summed E-state index contributed by atoms with van der Waals surface area (Å²) in [5.74, 6) is -0.281. The molecule has 1 N–H and O–H groups in total. The average molecular weight is 357 g/mol. The van der Waals surface area contributed by atoms with Gasteiger partial charge in [0.05, 0.1) is 5.52 Å². The normalized spacial score (nSPS) is 14.5. The Hall–Kier alpha value is -2.90. The summed E-state index contributed by atoms with van der Waals surface area (Å²) < 4.78 is 1.65. The van der Waals surface area contributed by atoms with Crippen LogP contribution in [-0.2, 0) is 4.79 Å². The molecule has 3 rings (SSSR count). The van der Waals surface area contributed by atoms with E-state index in [1.807, 2.05) is 13.0 Å². The highest BCUT2D eigenvalue weighted by atomic mass is 16.2. The topological polar surface area (TPSA) is 87.0 Å². The Morgan fingerprint density at radius 2 is 1.81 bits per heavy atom. The first-order valence-electron chi connectivity index (χ1n) is 8.83. The van der Waals surface area contributed by atoms with Gasteiger partial charge in [0.15, 0.2) is 5.69 Å². The number of piperazine rings is 1. The van der Waals surface area contributed by atoms with Crippen LogP contribution in [0.1, 0.15) is 41.4 Å². The molecule has 0 atom stereocenters. The predicted molar refractivity (Wildman–Crippen MR) is 96.0 cm³/mol.